The number of ketones is 1. The van der Waals surface area contributed by atoms with Gasteiger partial charge in [0.05, 0.1) is 38.4 Å². The third-order valence-electron chi connectivity index (χ3n) is 2.75. The van der Waals surface area contributed by atoms with E-state index in [0.717, 1.165) is 22.1 Å². The molecule has 4 nitrogen and oxygen atoms in total. The molecule has 0 bridgehead atoms. The molecule has 0 unspecified atom stereocenters. The zero-order valence-electron chi connectivity index (χ0n) is 10.7. The highest BCUT2D eigenvalue weighted by atomic mass is 35.5. The fraction of sp³-hybridized carbons (Fsp3) is 0.417. The second kappa shape index (κ2) is 4.82. The summed E-state index contributed by atoms with van der Waals surface area (Å²) in [6.07, 6.45) is 0.263. The van der Waals surface area contributed by atoms with Gasteiger partial charge in [-0.05, 0) is 20.8 Å². The first-order chi connectivity index (χ1) is 8.40. The van der Waals surface area contributed by atoms with Crippen molar-refractivity contribution in [1.82, 2.24) is 14.8 Å². The molecule has 2 aromatic rings. The molecule has 0 amide bonds. The Morgan fingerprint density at radius 1 is 1.33 bits per heavy atom. The molecule has 0 atom stereocenters. The lowest BCUT2D eigenvalue weighted by molar-refractivity contribution is 0.0994. The van der Waals surface area contributed by atoms with Crippen LogP contribution in [-0.4, -0.2) is 20.5 Å². The van der Waals surface area contributed by atoms with E-state index in [-0.39, 0.29) is 12.2 Å². The fourth-order valence-corrected chi connectivity index (χ4v) is 2.98. The van der Waals surface area contributed by atoms with Gasteiger partial charge in [-0.3, -0.25) is 9.48 Å². The maximum Gasteiger partial charge on any atom is 0.180 e. The highest BCUT2D eigenvalue weighted by Crippen LogP contribution is 2.24. The summed E-state index contributed by atoms with van der Waals surface area (Å²) in [5, 5.41) is 5.68. The average molecular weight is 284 g/mol. The predicted molar refractivity (Wildman–Crippen MR) is 72.6 cm³/mol. The average Bonchev–Trinajstić information content (AvgIpc) is 2.73. The minimum atomic E-state index is 0.0444. The van der Waals surface area contributed by atoms with Gasteiger partial charge in [-0.25, -0.2) is 4.98 Å². The van der Waals surface area contributed by atoms with Gasteiger partial charge < -0.3 is 0 Å². The predicted octanol–water partition coefficient (Wildman–Crippen LogP) is 2.88. The number of rotatable bonds is 3. The lowest BCUT2D eigenvalue weighted by atomic mass is 10.1. The van der Waals surface area contributed by atoms with Crippen LogP contribution in [0.4, 0.5) is 0 Å². The molecule has 0 aliphatic rings. The van der Waals surface area contributed by atoms with Crippen molar-refractivity contribution in [2.24, 2.45) is 7.05 Å². The van der Waals surface area contributed by atoms with Crippen LogP contribution < -0.4 is 0 Å². The van der Waals surface area contributed by atoms with E-state index in [4.69, 9.17) is 11.6 Å². The second-order valence-corrected chi connectivity index (χ2v) is 5.80. The van der Waals surface area contributed by atoms with E-state index in [1.165, 1.54) is 11.3 Å². The minimum absolute atomic E-state index is 0.0444. The zero-order valence-corrected chi connectivity index (χ0v) is 12.3. The smallest absolute Gasteiger partial charge is 0.180 e. The van der Waals surface area contributed by atoms with E-state index in [2.05, 4.69) is 10.1 Å². The van der Waals surface area contributed by atoms with Gasteiger partial charge in [0.2, 0.25) is 0 Å². The summed E-state index contributed by atoms with van der Waals surface area (Å²) < 4.78 is 1.67. The van der Waals surface area contributed by atoms with E-state index >= 15 is 0 Å². The van der Waals surface area contributed by atoms with E-state index in [0.29, 0.717) is 9.90 Å². The molecule has 0 aromatic carbocycles. The molecule has 0 saturated carbocycles. The van der Waals surface area contributed by atoms with Gasteiger partial charge in [-0.2, -0.15) is 5.10 Å². The summed E-state index contributed by atoms with van der Waals surface area (Å²) in [6.45, 7) is 5.58. The summed E-state index contributed by atoms with van der Waals surface area (Å²) >= 11 is 7.57. The van der Waals surface area contributed by atoms with Crippen molar-refractivity contribution in [3.63, 3.8) is 0 Å². The van der Waals surface area contributed by atoms with Gasteiger partial charge in [0, 0.05) is 7.05 Å². The second-order valence-electron chi connectivity index (χ2n) is 4.22. The van der Waals surface area contributed by atoms with Gasteiger partial charge in [0.25, 0.3) is 0 Å². The number of thiazole rings is 1. The first-order valence-electron chi connectivity index (χ1n) is 5.55. The molecule has 2 heterocycles. The molecule has 96 valence electrons. The summed E-state index contributed by atoms with van der Waals surface area (Å²) in [6, 6.07) is 0. The highest BCUT2D eigenvalue weighted by molar-refractivity contribution is 7.13. The van der Waals surface area contributed by atoms with Crippen LogP contribution in [0.25, 0.3) is 0 Å². The van der Waals surface area contributed by atoms with Gasteiger partial charge in [-0.1, -0.05) is 11.6 Å². The van der Waals surface area contributed by atoms with Crippen LogP contribution in [0.2, 0.25) is 5.02 Å². The molecule has 2 aromatic heterocycles. The Labute approximate surface area is 115 Å². The Hall–Kier alpha value is -1.20. The zero-order chi connectivity index (χ0) is 13.4. The Morgan fingerprint density at radius 2 is 2.00 bits per heavy atom. The largest absolute Gasteiger partial charge is 0.293 e. The van der Waals surface area contributed by atoms with Crippen LogP contribution in [-0.2, 0) is 13.5 Å². The first kappa shape index (κ1) is 13.2. The molecule has 2 rings (SSSR count). The molecule has 0 N–H and O–H groups in total. The van der Waals surface area contributed by atoms with Crippen molar-refractivity contribution in [3.8, 4) is 0 Å². The molecule has 0 radical (unpaired) electrons. The van der Waals surface area contributed by atoms with E-state index in [1.54, 1.807) is 11.7 Å². The molecule has 18 heavy (non-hydrogen) atoms. The molecule has 0 aliphatic carbocycles. The lowest BCUT2D eigenvalue weighted by Gasteiger charge is -2.01. The van der Waals surface area contributed by atoms with E-state index < -0.39 is 0 Å². The number of hydrogen-bond acceptors (Lipinski definition) is 4. The number of carbonyl (C=O) groups excluding carboxylic acids is 1. The number of aromatic nitrogens is 3. The van der Waals surface area contributed by atoms with Crippen molar-refractivity contribution in [2.75, 3.05) is 0 Å². The number of carbonyl (C=O) groups is 1. The molecular formula is C12H14ClN3OS. The maximum atomic E-state index is 12.2. The van der Waals surface area contributed by atoms with Crippen molar-refractivity contribution in [3.05, 3.63) is 32.0 Å². The van der Waals surface area contributed by atoms with Gasteiger partial charge in [0.1, 0.15) is 0 Å². The lowest BCUT2D eigenvalue weighted by Crippen LogP contribution is -2.08. The van der Waals surface area contributed by atoms with Crippen LogP contribution in [0.3, 0.4) is 0 Å². The number of nitrogens with zero attached hydrogens (tertiary/aromatic N) is 3. The molecule has 0 spiro atoms. The standard InChI is InChI=1S/C12H14ClN3OS/c1-6-11(13)9(16(4)15-6)5-10(17)12-7(2)14-8(3)18-12/h5H2,1-4H3. The normalized spacial score (nSPS) is 10.9. The van der Waals surface area contributed by atoms with Crippen LogP contribution in [0, 0.1) is 20.8 Å². The monoisotopic (exact) mass is 283 g/mol. The maximum absolute atomic E-state index is 12.2. The number of Topliss-reactive ketones (excluding diaryl/α,β-unsaturated/α-hetero) is 1. The summed E-state index contributed by atoms with van der Waals surface area (Å²) in [4.78, 5) is 17.2. The molecule has 0 saturated heterocycles. The molecule has 6 heteroatoms. The van der Waals surface area contributed by atoms with Crippen LogP contribution in [0.1, 0.15) is 31.8 Å². The van der Waals surface area contributed by atoms with Crippen LogP contribution in [0.15, 0.2) is 0 Å². The quantitative estimate of drug-likeness (QED) is 0.814. The number of hydrogen-bond donors (Lipinski definition) is 0. The Bertz CT molecular complexity index is 615. The fourth-order valence-electron chi connectivity index (χ4n) is 1.89. The van der Waals surface area contributed by atoms with Crippen molar-refractivity contribution in [1.29, 1.82) is 0 Å². The third-order valence-corrected chi connectivity index (χ3v) is 4.35. The van der Waals surface area contributed by atoms with Crippen molar-refractivity contribution < 1.29 is 4.79 Å². The Kier molecular flexibility index (Phi) is 3.54. The summed E-state index contributed by atoms with van der Waals surface area (Å²) in [5.74, 6) is 0.0444. The van der Waals surface area contributed by atoms with Gasteiger partial charge >= 0.3 is 0 Å². The Balaban J connectivity index is 2.29. The molecule has 0 aliphatic heterocycles. The molecular weight excluding hydrogens is 270 g/mol. The summed E-state index contributed by atoms with van der Waals surface area (Å²) in [5.41, 5.74) is 2.29. The van der Waals surface area contributed by atoms with Gasteiger partial charge in [0.15, 0.2) is 5.78 Å². The Morgan fingerprint density at radius 3 is 2.44 bits per heavy atom. The molecule has 0 fully saturated rings. The minimum Gasteiger partial charge on any atom is -0.293 e. The summed E-state index contributed by atoms with van der Waals surface area (Å²) in [7, 11) is 1.80. The van der Waals surface area contributed by atoms with Crippen LogP contribution in [0.5, 0.6) is 0 Å². The van der Waals surface area contributed by atoms with E-state index in [1.807, 2.05) is 20.8 Å². The SMILES string of the molecule is Cc1nc(C)c(C(=O)Cc2c(Cl)c(C)nn2C)s1. The third kappa shape index (κ3) is 2.33. The van der Waals surface area contributed by atoms with E-state index in [9.17, 15) is 4.79 Å². The van der Waals surface area contributed by atoms with Crippen molar-refractivity contribution in [2.45, 2.75) is 27.2 Å². The number of halogens is 1. The van der Waals surface area contributed by atoms with Crippen molar-refractivity contribution >= 4 is 28.7 Å². The van der Waals surface area contributed by atoms with Gasteiger partial charge in [-0.15, -0.1) is 11.3 Å². The topological polar surface area (TPSA) is 47.8 Å². The number of aryl methyl sites for hydroxylation is 4. The first-order valence-corrected chi connectivity index (χ1v) is 6.74. The van der Waals surface area contributed by atoms with Crippen LogP contribution >= 0.6 is 22.9 Å². The highest BCUT2D eigenvalue weighted by Gasteiger charge is 2.19.